The van der Waals surface area contributed by atoms with E-state index in [2.05, 4.69) is 168 Å². The van der Waals surface area contributed by atoms with Crippen molar-refractivity contribution < 1.29 is 36.8 Å². The number of anilines is 4. The van der Waals surface area contributed by atoms with Gasteiger partial charge in [0.2, 0.25) is 0 Å². The summed E-state index contributed by atoms with van der Waals surface area (Å²) < 4.78 is 83.3. The van der Waals surface area contributed by atoms with Crippen LogP contribution in [0.4, 0.5) is 22.7 Å². The summed E-state index contributed by atoms with van der Waals surface area (Å²) in [5.74, 6) is 1.29. The Kier molecular flexibility index (Phi) is 13.1. The largest absolute Gasteiger partial charge is 0.509 e. The molecule has 0 unspecified atom stereocenters. The summed E-state index contributed by atoms with van der Waals surface area (Å²) in [4.78, 5) is 8.86. The van der Waals surface area contributed by atoms with Gasteiger partial charge in [0.15, 0.2) is 0 Å². The number of pyridine rings is 1. The summed E-state index contributed by atoms with van der Waals surface area (Å²) in [7, 11) is 0. The maximum atomic E-state index is 9.87. The number of fused-ring (bicyclic) bond motifs is 4. The van der Waals surface area contributed by atoms with Gasteiger partial charge in [0.25, 0.3) is 0 Å². The van der Waals surface area contributed by atoms with E-state index in [1.54, 1.807) is 17.2 Å². The molecular formula is C80H79N4OPt-3. The summed E-state index contributed by atoms with van der Waals surface area (Å²) in [6, 6.07) is 55.2. The van der Waals surface area contributed by atoms with Crippen LogP contribution < -0.4 is 14.5 Å². The first-order chi connectivity index (χ1) is 43.6. The molecule has 86 heavy (non-hydrogen) atoms. The van der Waals surface area contributed by atoms with E-state index in [0.717, 1.165) is 72.0 Å². The molecule has 438 valence electrons. The van der Waals surface area contributed by atoms with Gasteiger partial charge in [-0.25, -0.2) is 4.98 Å². The number of aromatic nitrogens is 2. The SMILES string of the molecule is [2H]c1c([2H])c([2H])c2c(c1[2H])N(c1[c-]c(Oc3[c-]c4c(cc3)c3ccccc3n4-c3cc(C(C)(C)C)c(-c4c([2H])c([2H])c([2H])c(C(C)(C)C)c4[2H])cn3)ccc1)[CH-]N2c1c(-c2ccc(-c3ccccc3)cc2)cc(C(C)(C)C)cc1-c1ccc(C(C)(C)C)cc1C(C)(C)C.[Pt]. The Labute approximate surface area is 537 Å². The average molecular weight is 1320 g/mol. The number of rotatable bonds is 9. The zero-order valence-corrected chi connectivity index (χ0v) is 54.3. The fourth-order valence-electron chi connectivity index (χ4n) is 11.5. The number of ether oxygens (including phenoxy) is 1. The molecule has 0 N–H and O–H groups in total. The van der Waals surface area contributed by atoms with Crippen molar-refractivity contribution in [3.8, 4) is 61.8 Å². The van der Waals surface area contributed by atoms with Gasteiger partial charge in [0, 0.05) is 78.0 Å². The standard InChI is InChI=1S/C80H79N4O.Pt/c1-76(2,3)56-28-23-27-55(43-56)67-50-81-74(49-69(67)80(13,14)15)84-70-32-20-19-31-63(70)64-42-40-61(48-73(64)84)85-60-30-24-29-59(47-60)82-51-83(72-34-22-21-33-71(72)82)75-65(54-37-35-53(36-38-54)52-25-17-16-18-26-52)44-58(78(7,8)9)45-66(75)62-41-39-57(77(4,5)6)46-68(62)79(10,11)12;/h16-46,49-51H,1-15H3;/q-3;/i21D,22D,23D,27D,28D,33D,34D,43D;. The van der Waals surface area contributed by atoms with E-state index in [1.807, 2.05) is 104 Å². The molecule has 0 bridgehead atoms. The van der Waals surface area contributed by atoms with E-state index in [4.69, 9.17) is 13.8 Å². The first-order valence-electron chi connectivity index (χ1n) is 33.4. The van der Waals surface area contributed by atoms with Gasteiger partial charge in [0.05, 0.1) is 11.0 Å². The van der Waals surface area contributed by atoms with E-state index in [-0.39, 0.29) is 96.9 Å². The topological polar surface area (TPSA) is 33.5 Å². The number of para-hydroxylation sites is 3. The molecule has 5 nitrogen and oxygen atoms in total. The second-order valence-electron chi connectivity index (χ2n) is 27.7. The molecule has 0 amide bonds. The molecule has 0 saturated carbocycles. The van der Waals surface area contributed by atoms with E-state index >= 15 is 0 Å². The fraction of sp³-hybridized carbons (Fsp3) is 0.250. The molecule has 0 spiro atoms. The minimum Gasteiger partial charge on any atom is -0.509 e. The second kappa shape index (κ2) is 22.4. The van der Waals surface area contributed by atoms with E-state index in [9.17, 15) is 6.85 Å². The molecule has 1 aliphatic heterocycles. The smallest absolute Gasteiger partial charge is 0.135 e. The van der Waals surface area contributed by atoms with Crippen LogP contribution >= 0.6 is 0 Å². The van der Waals surface area contributed by atoms with Gasteiger partial charge in [-0.15, -0.1) is 48.1 Å². The Hall–Kier alpha value is -7.98. The van der Waals surface area contributed by atoms with Crippen molar-refractivity contribution in [1.29, 1.82) is 0 Å². The van der Waals surface area contributed by atoms with Gasteiger partial charge in [-0.3, -0.25) is 0 Å². The van der Waals surface area contributed by atoms with Crippen LogP contribution in [0.15, 0.2) is 200 Å². The maximum Gasteiger partial charge on any atom is 0.135 e. The normalized spacial score (nSPS) is 14.4. The molecule has 3 heterocycles. The molecule has 0 aliphatic carbocycles. The Morgan fingerprint density at radius 1 is 0.453 bits per heavy atom. The van der Waals surface area contributed by atoms with Crippen molar-refractivity contribution in [2.75, 3.05) is 9.80 Å². The summed E-state index contributed by atoms with van der Waals surface area (Å²) in [6.45, 7) is 34.0. The average Bonchev–Trinajstić information content (AvgIpc) is 1.44. The third-order valence-corrected chi connectivity index (χ3v) is 16.2. The monoisotopic (exact) mass is 1310 g/mol. The van der Waals surface area contributed by atoms with Crippen LogP contribution in [-0.4, -0.2) is 9.55 Å². The Morgan fingerprint density at radius 2 is 1.07 bits per heavy atom. The molecule has 12 rings (SSSR count). The van der Waals surface area contributed by atoms with Crippen molar-refractivity contribution >= 4 is 44.6 Å². The zero-order valence-electron chi connectivity index (χ0n) is 60.0. The van der Waals surface area contributed by atoms with E-state index in [0.29, 0.717) is 45.3 Å². The molecule has 6 heteroatoms. The van der Waals surface area contributed by atoms with E-state index in [1.165, 1.54) is 5.56 Å². The van der Waals surface area contributed by atoms with Gasteiger partial charge < -0.3 is 19.1 Å². The quantitative estimate of drug-likeness (QED) is 0.135. The van der Waals surface area contributed by atoms with Gasteiger partial charge in [-0.2, -0.15) is 12.1 Å². The van der Waals surface area contributed by atoms with Gasteiger partial charge in [0.1, 0.15) is 5.82 Å². The first-order valence-corrected chi connectivity index (χ1v) is 29.4. The zero-order chi connectivity index (χ0) is 66.9. The van der Waals surface area contributed by atoms with Crippen LogP contribution in [0.5, 0.6) is 11.5 Å². The van der Waals surface area contributed by atoms with Crippen molar-refractivity contribution in [3.63, 3.8) is 0 Å². The maximum absolute atomic E-state index is 9.87. The first kappa shape index (κ1) is 50.2. The molecule has 0 fully saturated rings. The van der Waals surface area contributed by atoms with Crippen LogP contribution in [0.2, 0.25) is 0 Å². The predicted molar refractivity (Wildman–Crippen MR) is 359 cm³/mol. The molecule has 9 aromatic carbocycles. The Balaban J connectivity index is 0.00000901. The van der Waals surface area contributed by atoms with Gasteiger partial charge in [-0.05, 0) is 124 Å². The summed E-state index contributed by atoms with van der Waals surface area (Å²) in [5, 5.41) is 1.87. The van der Waals surface area contributed by atoms with Crippen LogP contribution in [0.1, 0.15) is 143 Å². The molecule has 1 aliphatic rings. The van der Waals surface area contributed by atoms with Crippen LogP contribution in [0.3, 0.4) is 0 Å². The van der Waals surface area contributed by atoms with Crippen molar-refractivity contribution in [2.24, 2.45) is 0 Å². The third-order valence-electron chi connectivity index (χ3n) is 16.2. The van der Waals surface area contributed by atoms with Crippen molar-refractivity contribution in [2.45, 2.75) is 131 Å². The van der Waals surface area contributed by atoms with Gasteiger partial charge in [-0.1, -0.05) is 237 Å². The molecular weight excluding hydrogens is 1230 g/mol. The molecule has 0 radical (unpaired) electrons. The minimum absolute atomic E-state index is 0. The molecule has 11 aromatic rings. The molecule has 2 aromatic heterocycles. The Morgan fingerprint density at radius 3 is 1.76 bits per heavy atom. The van der Waals surface area contributed by atoms with Crippen LogP contribution in [0, 0.1) is 18.8 Å². The molecule has 0 atom stereocenters. The third kappa shape index (κ3) is 11.5. The number of hydrogen-bond acceptors (Lipinski definition) is 4. The van der Waals surface area contributed by atoms with Crippen LogP contribution in [0.25, 0.3) is 72.1 Å². The summed E-state index contributed by atoms with van der Waals surface area (Å²) in [5.41, 5.74) is 12.9. The summed E-state index contributed by atoms with van der Waals surface area (Å²) >= 11 is 0. The number of benzene rings is 9. The molecule has 0 saturated heterocycles. The fourth-order valence-corrected chi connectivity index (χ4v) is 11.5. The van der Waals surface area contributed by atoms with Crippen molar-refractivity contribution in [1.82, 2.24) is 9.55 Å². The van der Waals surface area contributed by atoms with Crippen molar-refractivity contribution in [3.05, 3.63) is 247 Å². The Bertz CT molecular complexity index is 4810. The minimum atomic E-state index is -0.626. The van der Waals surface area contributed by atoms with E-state index < -0.39 is 10.8 Å². The predicted octanol–water partition coefficient (Wildman–Crippen LogP) is 22.1. The van der Waals surface area contributed by atoms with Gasteiger partial charge >= 0.3 is 0 Å². The second-order valence-corrected chi connectivity index (χ2v) is 27.7. The summed E-state index contributed by atoms with van der Waals surface area (Å²) in [6.07, 6.45) is 1.70. The number of hydrogen-bond donors (Lipinski definition) is 0. The number of nitrogens with zero attached hydrogens (tertiary/aromatic N) is 4. The van der Waals surface area contributed by atoms with Crippen LogP contribution in [-0.2, 0) is 48.1 Å².